The van der Waals surface area contributed by atoms with Crippen LogP contribution in [0.3, 0.4) is 0 Å². The molecular formula is C13H18O3. The van der Waals surface area contributed by atoms with Crippen molar-refractivity contribution in [3.8, 4) is 0 Å². The normalized spacial score (nSPS) is 30.2. The fourth-order valence-electron chi connectivity index (χ4n) is 2.30. The van der Waals surface area contributed by atoms with Gasteiger partial charge in [-0.25, -0.2) is 0 Å². The Morgan fingerprint density at radius 2 is 2.00 bits per heavy atom. The molecule has 1 aliphatic rings. The van der Waals surface area contributed by atoms with Crippen LogP contribution in [0.15, 0.2) is 30.3 Å². The lowest BCUT2D eigenvalue weighted by Crippen LogP contribution is -2.48. The van der Waals surface area contributed by atoms with Crippen LogP contribution in [0, 0.1) is 0 Å². The molecule has 3 nitrogen and oxygen atoms in total. The predicted octanol–water partition coefficient (Wildman–Crippen LogP) is 2.31. The molecule has 0 aromatic heterocycles. The van der Waals surface area contributed by atoms with E-state index in [1.165, 1.54) is 0 Å². The second kappa shape index (κ2) is 4.95. The highest BCUT2D eigenvalue weighted by Crippen LogP contribution is 2.37. The molecule has 88 valence electrons. The molecule has 2 rings (SSSR count). The van der Waals surface area contributed by atoms with Gasteiger partial charge in [-0.2, -0.15) is 0 Å². The van der Waals surface area contributed by atoms with E-state index in [-0.39, 0.29) is 6.10 Å². The lowest BCUT2D eigenvalue weighted by atomic mass is 9.94. The Hall–Kier alpha value is -0.900. The van der Waals surface area contributed by atoms with E-state index in [4.69, 9.17) is 14.2 Å². The topological polar surface area (TPSA) is 27.7 Å². The molecule has 0 aliphatic carbocycles. The van der Waals surface area contributed by atoms with Crippen LogP contribution in [0.2, 0.25) is 0 Å². The number of hydrogen-bond acceptors (Lipinski definition) is 3. The standard InChI is InChI=1S/C13H18O3/c1-14-12-9-6-10-16-13(12,15-2)11-7-4-3-5-8-11/h3-5,7-8,12H,6,9-10H2,1-2H3. The van der Waals surface area contributed by atoms with Gasteiger partial charge in [0.25, 0.3) is 0 Å². The van der Waals surface area contributed by atoms with Crippen LogP contribution >= 0.6 is 0 Å². The van der Waals surface area contributed by atoms with Crippen LogP contribution in [0.4, 0.5) is 0 Å². The fourth-order valence-corrected chi connectivity index (χ4v) is 2.30. The van der Waals surface area contributed by atoms with Crippen molar-refractivity contribution in [1.29, 1.82) is 0 Å². The van der Waals surface area contributed by atoms with Gasteiger partial charge in [0.2, 0.25) is 5.79 Å². The van der Waals surface area contributed by atoms with E-state index in [1.807, 2.05) is 30.3 Å². The van der Waals surface area contributed by atoms with Crippen LogP contribution in [0.1, 0.15) is 18.4 Å². The van der Waals surface area contributed by atoms with Crippen molar-refractivity contribution < 1.29 is 14.2 Å². The molecule has 0 bridgehead atoms. The summed E-state index contributed by atoms with van der Waals surface area (Å²) in [5, 5.41) is 0. The highest BCUT2D eigenvalue weighted by Gasteiger charge is 2.44. The summed E-state index contributed by atoms with van der Waals surface area (Å²) in [5.74, 6) is -0.742. The summed E-state index contributed by atoms with van der Waals surface area (Å²) >= 11 is 0. The number of hydrogen-bond donors (Lipinski definition) is 0. The molecular weight excluding hydrogens is 204 g/mol. The van der Waals surface area contributed by atoms with Crippen molar-refractivity contribution in [3.63, 3.8) is 0 Å². The molecule has 2 unspecified atom stereocenters. The van der Waals surface area contributed by atoms with Gasteiger partial charge in [0.15, 0.2) is 0 Å². The first-order chi connectivity index (χ1) is 7.83. The maximum absolute atomic E-state index is 5.86. The van der Waals surface area contributed by atoms with E-state index < -0.39 is 5.79 Å². The van der Waals surface area contributed by atoms with Crippen molar-refractivity contribution >= 4 is 0 Å². The zero-order valence-corrected chi connectivity index (χ0v) is 9.81. The number of rotatable bonds is 3. The van der Waals surface area contributed by atoms with Gasteiger partial charge in [-0.3, -0.25) is 0 Å². The summed E-state index contributed by atoms with van der Waals surface area (Å²) < 4.78 is 17.0. The van der Waals surface area contributed by atoms with E-state index in [9.17, 15) is 0 Å². The largest absolute Gasteiger partial charge is 0.375 e. The van der Waals surface area contributed by atoms with Crippen LogP contribution in [0.25, 0.3) is 0 Å². The molecule has 1 aromatic rings. The molecule has 1 saturated heterocycles. The molecule has 0 spiro atoms. The average Bonchev–Trinajstić information content (AvgIpc) is 2.39. The first-order valence-corrected chi connectivity index (χ1v) is 5.61. The molecule has 1 aliphatic heterocycles. The first kappa shape index (κ1) is 11.6. The van der Waals surface area contributed by atoms with Gasteiger partial charge in [0.05, 0.1) is 6.61 Å². The van der Waals surface area contributed by atoms with Crippen molar-refractivity contribution in [3.05, 3.63) is 35.9 Å². The predicted molar refractivity (Wildman–Crippen MR) is 61.1 cm³/mol. The number of ether oxygens (including phenoxy) is 3. The van der Waals surface area contributed by atoms with Crippen molar-refractivity contribution in [2.45, 2.75) is 24.7 Å². The average molecular weight is 222 g/mol. The first-order valence-electron chi connectivity index (χ1n) is 5.61. The minimum absolute atomic E-state index is 0.0475. The summed E-state index contributed by atoms with van der Waals surface area (Å²) in [4.78, 5) is 0. The van der Waals surface area contributed by atoms with Gasteiger partial charge >= 0.3 is 0 Å². The molecule has 16 heavy (non-hydrogen) atoms. The third-order valence-corrected chi connectivity index (χ3v) is 3.11. The molecule has 0 radical (unpaired) electrons. The third kappa shape index (κ3) is 1.86. The Balaban J connectivity index is 2.36. The minimum atomic E-state index is -0.742. The molecule has 2 atom stereocenters. The van der Waals surface area contributed by atoms with E-state index in [1.54, 1.807) is 14.2 Å². The Kier molecular flexibility index (Phi) is 3.59. The van der Waals surface area contributed by atoms with Gasteiger partial charge < -0.3 is 14.2 Å². The molecule has 0 amide bonds. The Morgan fingerprint density at radius 3 is 2.62 bits per heavy atom. The fraction of sp³-hybridized carbons (Fsp3) is 0.538. The van der Waals surface area contributed by atoms with Crippen molar-refractivity contribution in [1.82, 2.24) is 0 Å². The highest BCUT2D eigenvalue weighted by atomic mass is 16.7. The Labute approximate surface area is 96.3 Å². The second-order valence-electron chi connectivity index (χ2n) is 3.95. The van der Waals surface area contributed by atoms with Gasteiger partial charge in [-0.1, -0.05) is 30.3 Å². The smallest absolute Gasteiger partial charge is 0.221 e. The molecule has 0 saturated carbocycles. The van der Waals surface area contributed by atoms with E-state index in [0.29, 0.717) is 6.61 Å². The van der Waals surface area contributed by atoms with Gasteiger partial charge in [-0.15, -0.1) is 0 Å². The van der Waals surface area contributed by atoms with Crippen LogP contribution in [-0.2, 0) is 20.0 Å². The SMILES string of the molecule is COC1CCCOC1(OC)c1ccccc1. The zero-order valence-electron chi connectivity index (χ0n) is 9.81. The third-order valence-electron chi connectivity index (χ3n) is 3.11. The zero-order chi connectivity index (χ0) is 11.4. The maximum Gasteiger partial charge on any atom is 0.221 e. The van der Waals surface area contributed by atoms with Crippen molar-refractivity contribution in [2.24, 2.45) is 0 Å². The molecule has 1 heterocycles. The molecule has 1 aromatic carbocycles. The van der Waals surface area contributed by atoms with Gasteiger partial charge in [-0.05, 0) is 12.8 Å². The van der Waals surface area contributed by atoms with Gasteiger partial charge in [0.1, 0.15) is 6.10 Å². The molecule has 0 N–H and O–H groups in total. The second-order valence-corrected chi connectivity index (χ2v) is 3.95. The maximum atomic E-state index is 5.86. The van der Waals surface area contributed by atoms with Crippen LogP contribution in [0.5, 0.6) is 0 Å². The van der Waals surface area contributed by atoms with Crippen LogP contribution < -0.4 is 0 Å². The highest BCUT2D eigenvalue weighted by molar-refractivity contribution is 5.22. The van der Waals surface area contributed by atoms with E-state index in [2.05, 4.69) is 0 Å². The van der Waals surface area contributed by atoms with E-state index >= 15 is 0 Å². The summed E-state index contributed by atoms with van der Waals surface area (Å²) in [6.45, 7) is 0.711. The lowest BCUT2D eigenvalue weighted by Gasteiger charge is -2.41. The summed E-state index contributed by atoms with van der Waals surface area (Å²) in [5.41, 5.74) is 1.02. The summed E-state index contributed by atoms with van der Waals surface area (Å²) in [6, 6.07) is 9.99. The van der Waals surface area contributed by atoms with Crippen LogP contribution in [-0.4, -0.2) is 26.9 Å². The molecule has 3 heteroatoms. The number of benzene rings is 1. The Morgan fingerprint density at radius 1 is 1.25 bits per heavy atom. The lowest BCUT2D eigenvalue weighted by molar-refractivity contribution is -0.304. The van der Waals surface area contributed by atoms with Gasteiger partial charge in [0, 0.05) is 19.8 Å². The Bertz CT molecular complexity index is 325. The monoisotopic (exact) mass is 222 g/mol. The summed E-state index contributed by atoms with van der Waals surface area (Å²) in [7, 11) is 3.38. The van der Waals surface area contributed by atoms with E-state index in [0.717, 1.165) is 18.4 Å². The quantitative estimate of drug-likeness (QED) is 0.785. The summed E-state index contributed by atoms with van der Waals surface area (Å²) in [6.07, 6.45) is 1.92. The van der Waals surface area contributed by atoms with Crippen molar-refractivity contribution in [2.75, 3.05) is 20.8 Å². The minimum Gasteiger partial charge on any atom is -0.375 e. The molecule has 1 fully saturated rings. The number of methoxy groups -OCH3 is 2.